The van der Waals surface area contributed by atoms with Gasteiger partial charge < -0.3 is 24.7 Å². The molecule has 2 aromatic rings. The number of amidine groups is 1. The van der Waals surface area contributed by atoms with Crippen LogP contribution in [0.4, 0.5) is 4.79 Å². The lowest BCUT2D eigenvalue weighted by Gasteiger charge is -2.25. The van der Waals surface area contributed by atoms with E-state index in [1.54, 1.807) is 13.1 Å². The Bertz CT molecular complexity index is 823. The summed E-state index contributed by atoms with van der Waals surface area (Å²) in [7, 11) is 1.69. The van der Waals surface area contributed by atoms with Gasteiger partial charge in [-0.15, -0.1) is 0 Å². The zero-order valence-electron chi connectivity index (χ0n) is 16.7. The van der Waals surface area contributed by atoms with Crippen molar-refractivity contribution in [3.8, 4) is 0 Å². The van der Waals surface area contributed by atoms with Crippen molar-refractivity contribution in [3.63, 3.8) is 0 Å². The number of aromatic nitrogens is 2. The maximum atomic E-state index is 12.3. The van der Waals surface area contributed by atoms with Gasteiger partial charge in [0.2, 0.25) is 0 Å². The van der Waals surface area contributed by atoms with Crippen molar-refractivity contribution in [2.75, 3.05) is 13.7 Å². The van der Waals surface area contributed by atoms with Crippen molar-refractivity contribution in [2.24, 2.45) is 5.73 Å². The zero-order valence-corrected chi connectivity index (χ0v) is 16.7. The molecule has 0 aliphatic rings. The van der Waals surface area contributed by atoms with Crippen LogP contribution in [0.25, 0.3) is 11.0 Å². The van der Waals surface area contributed by atoms with E-state index in [-0.39, 0.29) is 5.84 Å². The first-order chi connectivity index (χ1) is 12.6. The van der Waals surface area contributed by atoms with E-state index in [0.29, 0.717) is 31.1 Å². The number of nitrogen functional groups attached to an aromatic ring is 1. The third-order valence-corrected chi connectivity index (χ3v) is 3.79. The Kier molecular flexibility index (Phi) is 6.43. The highest BCUT2D eigenvalue weighted by Crippen LogP contribution is 2.21. The zero-order chi connectivity index (χ0) is 20.2. The lowest BCUT2D eigenvalue weighted by atomic mass is 10.2. The molecule has 3 N–H and O–H groups in total. The maximum absolute atomic E-state index is 12.3. The van der Waals surface area contributed by atoms with Crippen molar-refractivity contribution in [3.05, 3.63) is 29.6 Å². The molecule has 0 aliphatic heterocycles. The average Bonchev–Trinajstić information content (AvgIpc) is 2.90. The Morgan fingerprint density at radius 2 is 2.07 bits per heavy atom. The highest BCUT2D eigenvalue weighted by molar-refractivity contribution is 5.95. The van der Waals surface area contributed by atoms with E-state index >= 15 is 0 Å². The van der Waals surface area contributed by atoms with Gasteiger partial charge in [-0.2, -0.15) is 0 Å². The first kappa shape index (κ1) is 20.7. The fourth-order valence-electron chi connectivity index (χ4n) is 2.57. The molecule has 0 atom stereocenters. The van der Waals surface area contributed by atoms with Crippen LogP contribution in [0.1, 0.15) is 45.5 Å². The van der Waals surface area contributed by atoms with Gasteiger partial charge in [0, 0.05) is 19.3 Å². The smallest absolute Gasteiger partial charge is 0.410 e. The van der Waals surface area contributed by atoms with Crippen LogP contribution in [0.5, 0.6) is 0 Å². The third-order valence-electron chi connectivity index (χ3n) is 3.79. The number of nitrogens with two attached hydrogens (primary N) is 1. The molecule has 2 rings (SSSR count). The van der Waals surface area contributed by atoms with Gasteiger partial charge in [-0.25, -0.2) is 9.78 Å². The first-order valence-electron chi connectivity index (χ1n) is 8.97. The normalized spacial score (nSPS) is 11.6. The number of fused-ring (bicyclic) bond motifs is 1. The fraction of sp³-hybridized carbons (Fsp3) is 0.526. The van der Waals surface area contributed by atoms with Crippen LogP contribution in [-0.4, -0.2) is 45.6 Å². The summed E-state index contributed by atoms with van der Waals surface area (Å²) in [5.41, 5.74) is 7.84. The van der Waals surface area contributed by atoms with E-state index in [2.05, 4.69) is 4.98 Å². The van der Waals surface area contributed by atoms with E-state index in [1.165, 1.54) is 4.90 Å². The minimum Gasteiger partial charge on any atom is -0.444 e. The predicted octanol–water partition coefficient (Wildman–Crippen LogP) is 3.07. The van der Waals surface area contributed by atoms with Crippen molar-refractivity contribution in [2.45, 2.75) is 53.0 Å². The van der Waals surface area contributed by atoms with Crippen molar-refractivity contribution in [1.82, 2.24) is 14.5 Å². The summed E-state index contributed by atoms with van der Waals surface area (Å²) < 4.78 is 13.1. The van der Waals surface area contributed by atoms with Crippen LogP contribution in [-0.2, 0) is 22.7 Å². The summed E-state index contributed by atoms with van der Waals surface area (Å²) in [5.74, 6) is -0.0840. The van der Waals surface area contributed by atoms with Crippen LogP contribution >= 0.6 is 0 Å². The highest BCUT2D eigenvalue weighted by atomic mass is 16.6. The molecule has 0 fully saturated rings. The summed E-state index contributed by atoms with van der Waals surface area (Å²) in [4.78, 5) is 18.2. The number of pyridine rings is 1. The number of carbonyl (C=O) groups excluding carboxylic acids is 1. The Morgan fingerprint density at radius 1 is 1.37 bits per heavy atom. The Labute approximate surface area is 159 Å². The standard InChI is InChI=1S/C19H29N5O3/c1-6-9-26-12-24-13(11-23(5)18(25)27-19(2,3)4)10-15-16(24)8-7-14(22-15)17(20)21/h7-8,10H,6,9,11-12H2,1-5H3,(H3,20,21). The number of carbonyl (C=O) groups is 1. The monoisotopic (exact) mass is 375 g/mol. The molecule has 8 heteroatoms. The highest BCUT2D eigenvalue weighted by Gasteiger charge is 2.21. The fourth-order valence-corrected chi connectivity index (χ4v) is 2.57. The van der Waals surface area contributed by atoms with Crippen LogP contribution in [0.2, 0.25) is 0 Å². The first-order valence-corrected chi connectivity index (χ1v) is 8.97. The lowest BCUT2D eigenvalue weighted by Crippen LogP contribution is -2.34. The molecule has 0 saturated heterocycles. The van der Waals surface area contributed by atoms with E-state index < -0.39 is 11.7 Å². The molecular formula is C19H29N5O3. The molecule has 0 aromatic carbocycles. The number of nitrogens with zero attached hydrogens (tertiary/aromatic N) is 3. The second kappa shape index (κ2) is 8.39. The van der Waals surface area contributed by atoms with Crippen molar-refractivity contribution in [1.29, 1.82) is 5.41 Å². The quantitative estimate of drug-likeness (QED) is 0.439. The molecule has 2 heterocycles. The molecule has 0 saturated carbocycles. The molecule has 27 heavy (non-hydrogen) atoms. The van der Waals surface area contributed by atoms with Gasteiger partial charge in [-0.05, 0) is 45.4 Å². The Balaban J connectivity index is 2.33. The molecule has 148 valence electrons. The second-order valence-electron chi connectivity index (χ2n) is 7.45. The van der Waals surface area contributed by atoms with Crippen molar-refractivity contribution < 1.29 is 14.3 Å². The second-order valence-corrected chi connectivity index (χ2v) is 7.45. The number of hydrogen-bond donors (Lipinski definition) is 2. The minimum atomic E-state index is -0.555. The Hall–Kier alpha value is -2.61. The number of amides is 1. The molecule has 1 amide bonds. The maximum Gasteiger partial charge on any atom is 0.410 e. The van der Waals surface area contributed by atoms with E-state index in [9.17, 15) is 4.79 Å². The molecule has 0 spiro atoms. The molecule has 2 aromatic heterocycles. The minimum absolute atomic E-state index is 0.0840. The van der Waals surface area contributed by atoms with E-state index in [0.717, 1.165) is 17.6 Å². The number of hydrogen-bond acceptors (Lipinski definition) is 5. The average molecular weight is 375 g/mol. The van der Waals surface area contributed by atoms with Gasteiger partial charge in [0.1, 0.15) is 23.9 Å². The van der Waals surface area contributed by atoms with Gasteiger partial charge >= 0.3 is 6.09 Å². The molecule has 8 nitrogen and oxygen atoms in total. The van der Waals surface area contributed by atoms with Crippen LogP contribution < -0.4 is 5.73 Å². The predicted molar refractivity (Wildman–Crippen MR) is 105 cm³/mol. The molecule has 0 radical (unpaired) electrons. The summed E-state index contributed by atoms with van der Waals surface area (Å²) in [5, 5.41) is 7.57. The van der Waals surface area contributed by atoms with Gasteiger partial charge in [0.15, 0.2) is 0 Å². The van der Waals surface area contributed by atoms with E-state index in [4.69, 9.17) is 20.6 Å². The van der Waals surface area contributed by atoms with Crippen LogP contribution in [0.15, 0.2) is 18.2 Å². The number of ether oxygens (including phenoxy) is 2. The molecule has 0 aliphatic carbocycles. The molecular weight excluding hydrogens is 346 g/mol. The summed E-state index contributed by atoms with van der Waals surface area (Å²) in [6, 6.07) is 5.46. The van der Waals surface area contributed by atoms with Gasteiger partial charge in [-0.1, -0.05) is 6.92 Å². The third kappa shape index (κ3) is 5.43. The number of nitrogens with one attached hydrogen (secondary N) is 1. The molecule has 0 bridgehead atoms. The van der Waals surface area contributed by atoms with Gasteiger partial charge in [-0.3, -0.25) is 5.41 Å². The summed E-state index contributed by atoms with van der Waals surface area (Å²) in [6.45, 7) is 8.89. The lowest BCUT2D eigenvalue weighted by molar-refractivity contribution is 0.0273. The summed E-state index contributed by atoms with van der Waals surface area (Å²) >= 11 is 0. The van der Waals surface area contributed by atoms with Crippen molar-refractivity contribution >= 4 is 23.0 Å². The van der Waals surface area contributed by atoms with Crippen LogP contribution in [0, 0.1) is 5.41 Å². The summed E-state index contributed by atoms with van der Waals surface area (Å²) in [6.07, 6.45) is 0.519. The largest absolute Gasteiger partial charge is 0.444 e. The van der Waals surface area contributed by atoms with Crippen LogP contribution in [0.3, 0.4) is 0 Å². The van der Waals surface area contributed by atoms with Gasteiger partial charge in [0.05, 0.1) is 17.6 Å². The number of rotatable bonds is 7. The van der Waals surface area contributed by atoms with E-state index in [1.807, 2.05) is 44.4 Å². The Morgan fingerprint density at radius 3 is 2.67 bits per heavy atom. The van der Waals surface area contributed by atoms with Gasteiger partial charge in [0.25, 0.3) is 0 Å². The SMILES string of the molecule is CCCOCn1c(CN(C)C(=O)OC(C)(C)C)cc2nc(C(=N)N)ccc21. The topological polar surface area (TPSA) is 106 Å². The molecule has 0 unspecified atom stereocenters.